The van der Waals surface area contributed by atoms with Crippen molar-refractivity contribution in [3.8, 4) is 5.75 Å². The van der Waals surface area contributed by atoms with Crippen LogP contribution in [0.3, 0.4) is 0 Å². The second-order valence-corrected chi connectivity index (χ2v) is 7.54. The molecule has 33 heavy (non-hydrogen) atoms. The highest BCUT2D eigenvalue weighted by molar-refractivity contribution is 5.94. The van der Waals surface area contributed by atoms with Gasteiger partial charge < -0.3 is 30.3 Å². The Morgan fingerprint density at radius 2 is 2.06 bits per heavy atom. The van der Waals surface area contributed by atoms with E-state index in [1.54, 1.807) is 18.3 Å². The maximum Gasteiger partial charge on any atom is 0.263 e. The van der Waals surface area contributed by atoms with E-state index in [-0.39, 0.29) is 42.0 Å². The number of carbonyl (C=O) groups is 1. The number of rotatable bonds is 5. The summed E-state index contributed by atoms with van der Waals surface area (Å²) >= 11 is 0. The van der Waals surface area contributed by atoms with Crippen LogP contribution >= 0.6 is 0 Å². The zero-order valence-corrected chi connectivity index (χ0v) is 17.7. The minimum absolute atomic E-state index is 0.0711. The maximum absolute atomic E-state index is 14.3. The number of nitrogens with zero attached hydrogens (tertiary/aromatic N) is 5. The van der Waals surface area contributed by atoms with Crippen LogP contribution in [-0.2, 0) is 9.53 Å². The van der Waals surface area contributed by atoms with Gasteiger partial charge in [0.15, 0.2) is 29.8 Å². The summed E-state index contributed by atoms with van der Waals surface area (Å²) in [6, 6.07) is 7.24. The summed E-state index contributed by atoms with van der Waals surface area (Å²) in [4.78, 5) is 30.6. The number of ether oxygens (including phenoxy) is 2. The molecule has 0 saturated carbocycles. The van der Waals surface area contributed by atoms with Crippen LogP contribution in [0.15, 0.2) is 36.7 Å². The highest BCUT2D eigenvalue weighted by Crippen LogP contribution is 2.28. The highest BCUT2D eigenvalue weighted by atomic mass is 19.1. The van der Waals surface area contributed by atoms with Crippen LogP contribution in [0.4, 0.5) is 39.3 Å². The molecule has 0 bridgehead atoms. The number of carbonyl (C=O) groups excluding carboxylic acids is 1. The Morgan fingerprint density at radius 3 is 2.88 bits per heavy atom. The van der Waals surface area contributed by atoms with Crippen molar-refractivity contribution in [1.82, 2.24) is 19.9 Å². The fourth-order valence-electron chi connectivity index (χ4n) is 3.50. The van der Waals surface area contributed by atoms with Crippen LogP contribution in [0.25, 0.3) is 0 Å². The number of anilines is 6. The number of hydrogen-bond acceptors (Lipinski definition) is 10. The molecule has 1 amide bonds. The monoisotopic (exact) mass is 452 g/mol. The average Bonchev–Trinajstić information content (AvgIpc) is 2.82. The van der Waals surface area contributed by atoms with Crippen molar-refractivity contribution in [2.24, 2.45) is 0 Å². The highest BCUT2D eigenvalue weighted by Gasteiger charge is 2.20. The van der Waals surface area contributed by atoms with Gasteiger partial charge in [-0.1, -0.05) is 0 Å². The summed E-state index contributed by atoms with van der Waals surface area (Å²) in [5.74, 6) is 0.974. The number of fused-ring (bicyclic) bond motifs is 1. The molecule has 2 aliphatic heterocycles. The van der Waals surface area contributed by atoms with Crippen molar-refractivity contribution >= 4 is 40.8 Å². The molecule has 170 valence electrons. The number of pyridine rings is 2. The topological polar surface area (TPSA) is 126 Å². The van der Waals surface area contributed by atoms with Gasteiger partial charge in [0.1, 0.15) is 11.6 Å². The molecule has 2 aliphatic rings. The summed E-state index contributed by atoms with van der Waals surface area (Å²) in [5, 5.41) is 8.43. The van der Waals surface area contributed by atoms with E-state index in [9.17, 15) is 9.18 Å². The molecule has 1 saturated heterocycles. The van der Waals surface area contributed by atoms with E-state index in [2.05, 4.69) is 47.7 Å². The number of morpholine rings is 1. The zero-order chi connectivity index (χ0) is 22.8. The Labute approximate surface area is 188 Å². The molecule has 11 nitrogen and oxygen atoms in total. The number of nitrogens with one attached hydrogen (secondary N) is 3. The van der Waals surface area contributed by atoms with Crippen molar-refractivity contribution in [3.05, 3.63) is 42.5 Å². The Balaban J connectivity index is 1.30. The van der Waals surface area contributed by atoms with Gasteiger partial charge in [-0.25, -0.2) is 19.3 Å². The van der Waals surface area contributed by atoms with Crippen molar-refractivity contribution in [1.29, 1.82) is 0 Å². The lowest BCUT2D eigenvalue weighted by atomic mass is 10.2. The standard InChI is InChI=1S/C21H21FN8O3/c1-12-10-32-7-6-30(12)17-5-2-13(8-23-17)25-21-24-9-14(22)19(29-21)26-16-4-3-15-20(27-16)28-18(31)11-33-15/h2-5,8-9,12H,6-7,10-11H2,1H3,(H3,24,25,26,27,28,29,31)/t12-/m0/s1. The lowest BCUT2D eigenvalue weighted by Gasteiger charge is -2.34. The first kappa shape index (κ1) is 20.8. The fraction of sp³-hybridized carbons (Fsp3) is 0.286. The molecule has 5 rings (SSSR count). The first-order valence-electron chi connectivity index (χ1n) is 10.4. The molecule has 0 radical (unpaired) electrons. The Bertz CT molecular complexity index is 1180. The van der Waals surface area contributed by atoms with Gasteiger partial charge >= 0.3 is 0 Å². The number of hydrogen-bond donors (Lipinski definition) is 3. The van der Waals surface area contributed by atoms with Gasteiger partial charge in [-0.15, -0.1) is 0 Å². The molecule has 0 spiro atoms. The van der Waals surface area contributed by atoms with Crippen LogP contribution in [0.2, 0.25) is 0 Å². The summed E-state index contributed by atoms with van der Waals surface area (Å²) in [6.45, 7) is 4.14. The summed E-state index contributed by atoms with van der Waals surface area (Å²) in [5.41, 5.74) is 0.656. The van der Waals surface area contributed by atoms with Crippen molar-refractivity contribution in [2.75, 3.05) is 47.2 Å². The van der Waals surface area contributed by atoms with Gasteiger partial charge in [0.2, 0.25) is 5.95 Å². The quantitative estimate of drug-likeness (QED) is 0.531. The Hall–Kier alpha value is -4.06. The van der Waals surface area contributed by atoms with E-state index in [1.165, 1.54) is 0 Å². The molecule has 3 N–H and O–H groups in total. The fourth-order valence-corrected chi connectivity index (χ4v) is 3.50. The first-order chi connectivity index (χ1) is 16.0. The molecule has 0 aromatic carbocycles. The lowest BCUT2D eigenvalue weighted by molar-refractivity contribution is -0.118. The zero-order valence-electron chi connectivity index (χ0n) is 17.7. The van der Waals surface area contributed by atoms with E-state index >= 15 is 0 Å². The minimum atomic E-state index is -0.657. The van der Waals surface area contributed by atoms with E-state index in [0.29, 0.717) is 24.7 Å². The van der Waals surface area contributed by atoms with Crippen LogP contribution in [0.1, 0.15) is 6.92 Å². The molecular formula is C21H21FN8O3. The number of amides is 1. The predicted octanol–water partition coefficient (Wildman–Crippen LogP) is 2.45. The molecule has 5 heterocycles. The van der Waals surface area contributed by atoms with Crippen LogP contribution in [0, 0.1) is 5.82 Å². The van der Waals surface area contributed by atoms with Gasteiger partial charge in [-0.2, -0.15) is 4.98 Å². The van der Waals surface area contributed by atoms with Crippen LogP contribution in [-0.4, -0.2) is 58.3 Å². The average molecular weight is 452 g/mol. The second-order valence-electron chi connectivity index (χ2n) is 7.54. The number of aromatic nitrogens is 4. The lowest BCUT2D eigenvalue weighted by Crippen LogP contribution is -2.44. The normalized spacial score (nSPS) is 17.6. The molecule has 1 fully saturated rings. The SMILES string of the molecule is C[C@H]1COCCN1c1ccc(Nc2ncc(F)c(Nc3ccc4c(n3)NC(=O)CO4)n2)cn1. The predicted molar refractivity (Wildman–Crippen MR) is 119 cm³/mol. The van der Waals surface area contributed by atoms with E-state index in [0.717, 1.165) is 18.6 Å². The van der Waals surface area contributed by atoms with E-state index in [1.807, 2.05) is 12.1 Å². The summed E-state index contributed by atoms with van der Waals surface area (Å²) in [7, 11) is 0. The number of halogens is 1. The second kappa shape index (κ2) is 8.82. The molecule has 0 unspecified atom stereocenters. The van der Waals surface area contributed by atoms with Crippen molar-refractivity contribution in [2.45, 2.75) is 13.0 Å². The molecule has 0 aliphatic carbocycles. The molecule has 3 aromatic rings. The van der Waals surface area contributed by atoms with E-state index < -0.39 is 5.82 Å². The third-order valence-corrected chi connectivity index (χ3v) is 5.13. The molecule has 3 aromatic heterocycles. The van der Waals surface area contributed by atoms with Gasteiger partial charge in [-0.3, -0.25) is 4.79 Å². The third kappa shape index (κ3) is 4.60. The van der Waals surface area contributed by atoms with Gasteiger partial charge in [0, 0.05) is 6.54 Å². The maximum atomic E-state index is 14.3. The van der Waals surface area contributed by atoms with Gasteiger partial charge in [0.05, 0.1) is 37.3 Å². The third-order valence-electron chi connectivity index (χ3n) is 5.13. The summed E-state index contributed by atoms with van der Waals surface area (Å²) in [6.07, 6.45) is 2.73. The van der Waals surface area contributed by atoms with Gasteiger partial charge in [-0.05, 0) is 31.2 Å². The van der Waals surface area contributed by atoms with Crippen molar-refractivity contribution < 1.29 is 18.7 Å². The minimum Gasteiger partial charge on any atom is -0.480 e. The summed E-state index contributed by atoms with van der Waals surface area (Å²) < 4.78 is 25.1. The first-order valence-corrected chi connectivity index (χ1v) is 10.4. The Kier molecular flexibility index (Phi) is 5.57. The largest absolute Gasteiger partial charge is 0.480 e. The Morgan fingerprint density at radius 1 is 1.15 bits per heavy atom. The van der Waals surface area contributed by atoms with Gasteiger partial charge in [0.25, 0.3) is 5.91 Å². The van der Waals surface area contributed by atoms with Crippen molar-refractivity contribution in [3.63, 3.8) is 0 Å². The van der Waals surface area contributed by atoms with Crippen LogP contribution < -0.4 is 25.6 Å². The smallest absolute Gasteiger partial charge is 0.263 e. The van der Waals surface area contributed by atoms with Crippen LogP contribution in [0.5, 0.6) is 5.75 Å². The van der Waals surface area contributed by atoms with E-state index in [4.69, 9.17) is 9.47 Å². The molecule has 12 heteroatoms. The molecule has 1 atom stereocenters. The molecular weight excluding hydrogens is 431 g/mol.